The summed E-state index contributed by atoms with van der Waals surface area (Å²) < 4.78 is 0. The van der Waals surface area contributed by atoms with Gasteiger partial charge in [-0.15, -0.1) is 11.3 Å². The Morgan fingerprint density at radius 2 is 2.00 bits per heavy atom. The molecular weight excluding hydrogens is 278 g/mol. The monoisotopic (exact) mass is 295 g/mol. The highest BCUT2D eigenvalue weighted by Crippen LogP contribution is 2.30. The lowest BCUT2D eigenvalue weighted by Gasteiger charge is -2.03. The van der Waals surface area contributed by atoms with Gasteiger partial charge in [-0.05, 0) is 24.1 Å². The van der Waals surface area contributed by atoms with Gasteiger partial charge in [-0.1, -0.05) is 49.4 Å². The molecule has 1 aromatic heterocycles. The highest BCUT2D eigenvalue weighted by molar-refractivity contribution is 7.14. The summed E-state index contributed by atoms with van der Waals surface area (Å²) in [6.45, 7) is 4.09. The summed E-state index contributed by atoms with van der Waals surface area (Å²) in [5.41, 5.74) is 6.25. The van der Waals surface area contributed by atoms with Gasteiger partial charge in [-0.3, -0.25) is 5.43 Å². The molecule has 0 fully saturated rings. The van der Waals surface area contributed by atoms with Crippen LogP contribution in [0.2, 0.25) is 0 Å². The van der Waals surface area contributed by atoms with Crippen LogP contribution in [0.3, 0.4) is 0 Å². The van der Waals surface area contributed by atoms with E-state index < -0.39 is 0 Å². The number of aromatic nitrogens is 1. The number of hydrogen-bond acceptors (Lipinski definition) is 4. The molecule has 1 heterocycles. The van der Waals surface area contributed by atoms with Gasteiger partial charge < -0.3 is 0 Å². The predicted molar refractivity (Wildman–Crippen MR) is 92.1 cm³/mol. The third kappa shape index (κ3) is 2.95. The van der Waals surface area contributed by atoms with Crippen molar-refractivity contribution in [3.05, 3.63) is 47.8 Å². The maximum absolute atomic E-state index is 4.64. The number of anilines is 1. The van der Waals surface area contributed by atoms with Crippen molar-refractivity contribution < 1.29 is 0 Å². The second-order valence-electron chi connectivity index (χ2n) is 4.88. The molecule has 0 atom stereocenters. The summed E-state index contributed by atoms with van der Waals surface area (Å²) in [6.07, 6.45) is 0.939. The number of hydrazone groups is 1. The molecule has 0 aliphatic rings. The molecule has 106 valence electrons. The number of rotatable bonds is 4. The van der Waals surface area contributed by atoms with Crippen LogP contribution in [0.15, 0.2) is 52.9 Å². The van der Waals surface area contributed by atoms with E-state index in [9.17, 15) is 0 Å². The fourth-order valence-electron chi connectivity index (χ4n) is 2.12. The summed E-state index contributed by atoms with van der Waals surface area (Å²) >= 11 is 1.58. The standard InChI is InChI=1S/C17H17N3S/c1-3-12(2)19-20-17-18-16(11-21-17)15-10-6-8-13-7-4-5-9-14(13)15/h4-11H,3H2,1-2H3,(H,18,20)/b19-12-. The topological polar surface area (TPSA) is 37.3 Å². The molecule has 3 aromatic rings. The van der Waals surface area contributed by atoms with Crippen molar-refractivity contribution in [1.82, 2.24) is 4.98 Å². The maximum atomic E-state index is 4.64. The Morgan fingerprint density at radius 1 is 1.19 bits per heavy atom. The highest BCUT2D eigenvalue weighted by Gasteiger charge is 2.07. The third-order valence-corrected chi connectivity index (χ3v) is 4.17. The van der Waals surface area contributed by atoms with Gasteiger partial charge >= 0.3 is 0 Å². The lowest BCUT2D eigenvalue weighted by molar-refractivity contribution is 1.20. The van der Waals surface area contributed by atoms with Crippen LogP contribution in [0.1, 0.15) is 20.3 Å². The molecule has 0 amide bonds. The molecule has 0 spiro atoms. The molecule has 0 aliphatic heterocycles. The Balaban J connectivity index is 1.95. The van der Waals surface area contributed by atoms with Crippen LogP contribution in [-0.2, 0) is 0 Å². The molecule has 4 heteroatoms. The second kappa shape index (κ2) is 6.06. The van der Waals surface area contributed by atoms with E-state index in [1.54, 1.807) is 11.3 Å². The van der Waals surface area contributed by atoms with E-state index in [1.807, 2.05) is 6.92 Å². The van der Waals surface area contributed by atoms with E-state index in [0.717, 1.165) is 28.5 Å². The molecule has 3 nitrogen and oxygen atoms in total. The van der Waals surface area contributed by atoms with E-state index in [1.165, 1.54) is 10.8 Å². The first kappa shape index (κ1) is 13.8. The molecule has 3 rings (SSSR count). The maximum Gasteiger partial charge on any atom is 0.203 e. The van der Waals surface area contributed by atoms with Gasteiger partial charge in [0, 0.05) is 16.7 Å². The van der Waals surface area contributed by atoms with Crippen molar-refractivity contribution in [2.45, 2.75) is 20.3 Å². The molecule has 2 aromatic carbocycles. The smallest absolute Gasteiger partial charge is 0.203 e. The van der Waals surface area contributed by atoms with Gasteiger partial charge in [0.2, 0.25) is 5.13 Å². The number of nitrogens with zero attached hydrogens (tertiary/aromatic N) is 2. The van der Waals surface area contributed by atoms with Crippen molar-refractivity contribution in [2.24, 2.45) is 5.10 Å². The van der Waals surface area contributed by atoms with Crippen molar-refractivity contribution in [1.29, 1.82) is 0 Å². The number of nitrogens with one attached hydrogen (secondary N) is 1. The van der Waals surface area contributed by atoms with Gasteiger partial charge in [-0.25, -0.2) is 4.98 Å². The summed E-state index contributed by atoms with van der Waals surface area (Å²) in [5.74, 6) is 0. The van der Waals surface area contributed by atoms with Crippen LogP contribution >= 0.6 is 11.3 Å². The lowest BCUT2D eigenvalue weighted by Crippen LogP contribution is -1.95. The third-order valence-electron chi connectivity index (χ3n) is 3.42. The summed E-state index contributed by atoms with van der Waals surface area (Å²) in [7, 11) is 0. The van der Waals surface area contributed by atoms with E-state index in [-0.39, 0.29) is 0 Å². The van der Waals surface area contributed by atoms with Crippen molar-refractivity contribution in [2.75, 3.05) is 5.43 Å². The predicted octanol–water partition coefficient (Wildman–Crippen LogP) is 5.16. The minimum atomic E-state index is 0.825. The second-order valence-corrected chi connectivity index (χ2v) is 5.74. The lowest BCUT2D eigenvalue weighted by atomic mass is 10.0. The summed E-state index contributed by atoms with van der Waals surface area (Å²) in [5, 5.41) is 9.65. The number of benzene rings is 2. The minimum Gasteiger partial charge on any atom is -0.253 e. The van der Waals surface area contributed by atoms with Gasteiger partial charge in [0.05, 0.1) is 5.69 Å². The largest absolute Gasteiger partial charge is 0.253 e. The van der Waals surface area contributed by atoms with Crippen LogP contribution in [0, 0.1) is 0 Å². The van der Waals surface area contributed by atoms with Gasteiger partial charge in [0.15, 0.2) is 0 Å². The summed E-state index contributed by atoms with van der Waals surface area (Å²) in [6, 6.07) is 14.7. The van der Waals surface area contributed by atoms with Gasteiger partial charge in [0.25, 0.3) is 0 Å². The first-order chi connectivity index (χ1) is 10.3. The van der Waals surface area contributed by atoms with Crippen molar-refractivity contribution >= 4 is 33.0 Å². The van der Waals surface area contributed by atoms with Crippen LogP contribution in [0.5, 0.6) is 0 Å². The van der Waals surface area contributed by atoms with Crippen LogP contribution in [0.4, 0.5) is 5.13 Å². The zero-order chi connectivity index (χ0) is 14.7. The first-order valence-electron chi connectivity index (χ1n) is 7.00. The molecule has 0 unspecified atom stereocenters. The molecule has 0 aliphatic carbocycles. The van der Waals surface area contributed by atoms with Crippen LogP contribution < -0.4 is 5.43 Å². The van der Waals surface area contributed by atoms with Gasteiger partial charge in [-0.2, -0.15) is 5.10 Å². The Labute approximate surface area is 128 Å². The van der Waals surface area contributed by atoms with E-state index in [0.29, 0.717) is 0 Å². The molecule has 0 saturated carbocycles. The summed E-state index contributed by atoms with van der Waals surface area (Å²) in [4.78, 5) is 4.64. The SMILES string of the molecule is CC/C(C)=N\Nc1nc(-c2cccc3ccccc23)cs1. The number of thiazole rings is 1. The Hall–Kier alpha value is -2.20. The average molecular weight is 295 g/mol. The minimum absolute atomic E-state index is 0.825. The van der Waals surface area contributed by atoms with E-state index in [4.69, 9.17) is 0 Å². The molecule has 21 heavy (non-hydrogen) atoms. The normalized spacial score (nSPS) is 11.8. The first-order valence-corrected chi connectivity index (χ1v) is 7.88. The van der Waals surface area contributed by atoms with Crippen LogP contribution in [-0.4, -0.2) is 10.7 Å². The zero-order valence-corrected chi connectivity index (χ0v) is 12.9. The fraction of sp³-hybridized carbons (Fsp3) is 0.176. The number of hydrogen-bond donors (Lipinski definition) is 1. The highest BCUT2D eigenvalue weighted by atomic mass is 32.1. The Kier molecular flexibility index (Phi) is 3.97. The number of fused-ring (bicyclic) bond motifs is 1. The van der Waals surface area contributed by atoms with E-state index >= 15 is 0 Å². The fourth-order valence-corrected chi connectivity index (χ4v) is 2.77. The van der Waals surface area contributed by atoms with Crippen molar-refractivity contribution in [3.8, 4) is 11.3 Å². The quantitative estimate of drug-likeness (QED) is 0.533. The Bertz CT molecular complexity index is 784. The van der Waals surface area contributed by atoms with Gasteiger partial charge in [0.1, 0.15) is 0 Å². The average Bonchev–Trinajstić information content (AvgIpc) is 3.00. The molecule has 1 N–H and O–H groups in total. The van der Waals surface area contributed by atoms with Crippen LogP contribution in [0.25, 0.3) is 22.0 Å². The van der Waals surface area contributed by atoms with E-state index in [2.05, 4.69) is 70.3 Å². The molecular formula is C17H17N3S. The molecule has 0 saturated heterocycles. The zero-order valence-electron chi connectivity index (χ0n) is 12.1. The molecule has 0 bridgehead atoms. The van der Waals surface area contributed by atoms with Crippen molar-refractivity contribution in [3.63, 3.8) is 0 Å². The molecule has 0 radical (unpaired) electrons. The Morgan fingerprint density at radius 3 is 2.86 bits per heavy atom.